The van der Waals surface area contributed by atoms with Crippen LogP contribution in [0, 0.1) is 0 Å². The minimum absolute atomic E-state index is 0.0696. The maximum Gasteiger partial charge on any atom is 0.317 e. The van der Waals surface area contributed by atoms with Gasteiger partial charge in [0.2, 0.25) is 0 Å². The van der Waals surface area contributed by atoms with E-state index < -0.39 is 0 Å². The second-order valence-corrected chi connectivity index (χ2v) is 7.29. The summed E-state index contributed by atoms with van der Waals surface area (Å²) in [4.78, 5) is 14.0. The van der Waals surface area contributed by atoms with Gasteiger partial charge in [-0.1, -0.05) is 29.8 Å². The monoisotopic (exact) mass is 342 g/mol. The summed E-state index contributed by atoms with van der Waals surface area (Å²) in [6.45, 7) is 2.71. The van der Waals surface area contributed by atoms with Crippen molar-refractivity contribution >= 4 is 29.4 Å². The van der Waals surface area contributed by atoms with E-state index in [-0.39, 0.29) is 10.8 Å². The molecule has 0 atom stereocenters. The van der Waals surface area contributed by atoms with Gasteiger partial charge in [0.05, 0.1) is 0 Å². The summed E-state index contributed by atoms with van der Waals surface area (Å²) < 4.78 is 5.52. The fourth-order valence-electron chi connectivity index (χ4n) is 2.52. The molecule has 0 unspecified atom stereocenters. The summed E-state index contributed by atoms with van der Waals surface area (Å²) >= 11 is 7.96. The number of rotatable bonds is 5. The Bertz CT molecular complexity index is 507. The molecular formula is C16H23ClN2O2S. The van der Waals surface area contributed by atoms with Crippen LogP contribution in [0.15, 0.2) is 24.3 Å². The van der Waals surface area contributed by atoms with E-state index >= 15 is 0 Å². The minimum Gasteiger partial charge on any atom is -0.381 e. The van der Waals surface area contributed by atoms with Gasteiger partial charge < -0.3 is 15.0 Å². The Morgan fingerprint density at radius 3 is 2.73 bits per heavy atom. The number of nitrogens with one attached hydrogen (secondary N) is 1. The predicted octanol–water partition coefficient (Wildman–Crippen LogP) is 3.39. The van der Waals surface area contributed by atoms with E-state index in [4.69, 9.17) is 16.3 Å². The van der Waals surface area contributed by atoms with Crippen molar-refractivity contribution in [3.63, 3.8) is 0 Å². The van der Waals surface area contributed by atoms with Gasteiger partial charge in [-0.2, -0.15) is 11.8 Å². The van der Waals surface area contributed by atoms with E-state index in [9.17, 15) is 4.79 Å². The molecule has 1 aromatic rings. The Balaban J connectivity index is 1.87. The third-order valence-electron chi connectivity index (χ3n) is 4.11. The van der Waals surface area contributed by atoms with Gasteiger partial charge in [0.15, 0.2) is 0 Å². The van der Waals surface area contributed by atoms with Crippen LogP contribution in [0.5, 0.6) is 0 Å². The van der Waals surface area contributed by atoms with Crippen molar-refractivity contribution in [3.8, 4) is 0 Å². The van der Waals surface area contributed by atoms with Crippen LogP contribution in [0.4, 0.5) is 4.79 Å². The number of thioether (sulfide) groups is 1. The van der Waals surface area contributed by atoms with E-state index in [1.165, 1.54) is 0 Å². The number of benzene rings is 1. The fraction of sp³-hybridized carbons (Fsp3) is 0.562. The normalized spacial score (nSPS) is 17.0. The highest BCUT2D eigenvalue weighted by Crippen LogP contribution is 2.33. The van der Waals surface area contributed by atoms with Crippen LogP contribution in [-0.4, -0.2) is 48.7 Å². The van der Waals surface area contributed by atoms with Gasteiger partial charge in [-0.05, 0) is 30.7 Å². The summed E-state index contributed by atoms with van der Waals surface area (Å²) in [6, 6.07) is 7.53. The van der Waals surface area contributed by atoms with Gasteiger partial charge >= 0.3 is 6.03 Å². The molecule has 0 spiro atoms. The average molecular weight is 343 g/mol. The molecule has 2 amide bonds. The molecule has 1 N–H and O–H groups in total. The van der Waals surface area contributed by atoms with Crippen LogP contribution < -0.4 is 5.32 Å². The highest BCUT2D eigenvalue weighted by molar-refractivity contribution is 8.00. The number of carbonyl (C=O) groups is 1. The van der Waals surface area contributed by atoms with E-state index in [1.54, 1.807) is 11.9 Å². The van der Waals surface area contributed by atoms with E-state index in [2.05, 4.69) is 11.6 Å². The Morgan fingerprint density at radius 1 is 1.41 bits per heavy atom. The van der Waals surface area contributed by atoms with Gasteiger partial charge in [-0.3, -0.25) is 0 Å². The van der Waals surface area contributed by atoms with E-state index in [0.29, 0.717) is 18.1 Å². The second-order valence-electron chi connectivity index (χ2n) is 5.61. The van der Waals surface area contributed by atoms with Gasteiger partial charge in [0.25, 0.3) is 0 Å². The van der Waals surface area contributed by atoms with Crippen molar-refractivity contribution in [2.75, 3.05) is 33.1 Å². The first-order valence-corrected chi connectivity index (χ1v) is 9.02. The number of ether oxygens (including phenoxy) is 1. The maximum atomic E-state index is 12.3. The zero-order valence-electron chi connectivity index (χ0n) is 13.1. The number of hydrogen-bond donors (Lipinski definition) is 1. The highest BCUT2D eigenvalue weighted by Gasteiger charge is 2.32. The van der Waals surface area contributed by atoms with Gasteiger partial charge in [0, 0.05) is 43.1 Å². The molecule has 0 radical (unpaired) electrons. The molecule has 1 aromatic carbocycles. The Kier molecular flexibility index (Phi) is 6.41. The molecule has 4 nitrogen and oxygen atoms in total. The standard InChI is InChI=1S/C16H23ClN2O2S/c1-19(11-13-5-3-4-6-14(13)17)15(20)18-12-16(22-2)7-9-21-10-8-16/h3-6H,7-12H2,1-2H3,(H,18,20). The molecule has 1 aliphatic rings. The lowest BCUT2D eigenvalue weighted by atomic mass is 9.99. The maximum absolute atomic E-state index is 12.3. The SMILES string of the molecule is CSC1(CNC(=O)N(C)Cc2ccccc2Cl)CCOCC1. The summed E-state index contributed by atoms with van der Waals surface area (Å²) in [6.07, 6.45) is 4.05. The lowest BCUT2D eigenvalue weighted by molar-refractivity contribution is 0.0773. The summed E-state index contributed by atoms with van der Waals surface area (Å²) in [7, 11) is 1.79. The highest BCUT2D eigenvalue weighted by atomic mass is 35.5. The molecule has 1 fully saturated rings. The minimum atomic E-state index is -0.0696. The Hall–Kier alpha value is -0.910. The molecule has 1 aliphatic heterocycles. The molecule has 0 aliphatic carbocycles. The molecule has 1 saturated heterocycles. The molecule has 1 heterocycles. The number of hydrogen-bond acceptors (Lipinski definition) is 3. The number of nitrogens with zero attached hydrogens (tertiary/aromatic N) is 1. The molecule has 122 valence electrons. The van der Waals surface area contributed by atoms with Crippen LogP contribution in [-0.2, 0) is 11.3 Å². The lowest BCUT2D eigenvalue weighted by Gasteiger charge is -2.36. The molecule has 2 rings (SSSR count). The largest absolute Gasteiger partial charge is 0.381 e. The van der Waals surface area contributed by atoms with Crippen LogP contribution in [0.2, 0.25) is 5.02 Å². The predicted molar refractivity (Wildman–Crippen MR) is 92.6 cm³/mol. The van der Waals surface area contributed by atoms with Crippen molar-refractivity contribution in [2.45, 2.75) is 24.1 Å². The zero-order valence-corrected chi connectivity index (χ0v) is 14.7. The smallest absolute Gasteiger partial charge is 0.317 e. The number of amides is 2. The van der Waals surface area contributed by atoms with Crippen molar-refractivity contribution in [2.24, 2.45) is 0 Å². The topological polar surface area (TPSA) is 41.6 Å². The number of carbonyl (C=O) groups excluding carboxylic acids is 1. The van der Waals surface area contributed by atoms with Crippen molar-refractivity contribution in [1.29, 1.82) is 0 Å². The first-order valence-electron chi connectivity index (χ1n) is 7.41. The van der Waals surface area contributed by atoms with Crippen LogP contribution in [0.3, 0.4) is 0 Å². The van der Waals surface area contributed by atoms with Gasteiger partial charge in [0.1, 0.15) is 0 Å². The number of halogens is 1. The molecule has 0 bridgehead atoms. The molecular weight excluding hydrogens is 320 g/mol. The lowest BCUT2D eigenvalue weighted by Crippen LogP contribution is -2.47. The van der Waals surface area contributed by atoms with Crippen LogP contribution in [0.25, 0.3) is 0 Å². The van der Waals surface area contributed by atoms with Crippen LogP contribution >= 0.6 is 23.4 Å². The molecule has 0 saturated carbocycles. The van der Waals surface area contributed by atoms with Crippen LogP contribution in [0.1, 0.15) is 18.4 Å². The quantitative estimate of drug-likeness (QED) is 0.891. The summed E-state index contributed by atoms with van der Waals surface area (Å²) in [5.74, 6) is 0. The first kappa shape index (κ1) is 17.4. The summed E-state index contributed by atoms with van der Waals surface area (Å²) in [5.41, 5.74) is 0.951. The fourth-order valence-corrected chi connectivity index (χ4v) is 3.51. The third-order valence-corrected chi connectivity index (χ3v) is 5.90. The summed E-state index contributed by atoms with van der Waals surface area (Å²) in [5, 5.41) is 3.74. The first-order chi connectivity index (χ1) is 10.6. The third kappa shape index (κ3) is 4.54. The Labute approximate surface area is 141 Å². The van der Waals surface area contributed by atoms with Crippen molar-refractivity contribution < 1.29 is 9.53 Å². The molecule has 22 heavy (non-hydrogen) atoms. The number of urea groups is 1. The van der Waals surface area contributed by atoms with Gasteiger partial charge in [-0.15, -0.1) is 0 Å². The Morgan fingerprint density at radius 2 is 2.09 bits per heavy atom. The molecule has 0 aromatic heterocycles. The second kappa shape index (κ2) is 8.09. The zero-order chi connectivity index (χ0) is 16.0. The van der Waals surface area contributed by atoms with E-state index in [0.717, 1.165) is 31.6 Å². The van der Waals surface area contributed by atoms with Crippen molar-refractivity contribution in [1.82, 2.24) is 10.2 Å². The van der Waals surface area contributed by atoms with Crippen molar-refractivity contribution in [3.05, 3.63) is 34.9 Å². The van der Waals surface area contributed by atoms with E-state index in [1.807, 2.05) is 36.0 Å². The average Bonchev–Trinajstić information content (AvgIpc) is 2.55. The van der Waals surface area contributed by atoms with Gasteiger partial charge in [-0.25, -0.2) is 4.79 Å². The molecule has 6 heteroatoms.